The number of rotatable bonds is 4. The van der Waals surface area contributed by atoms with Crippen molar-refractivity contribution >= 4 is 11.6 Å². The second-order valence-corrected chi connectivity index (χ2v) is 7.47. The van der Waals surface area contributed by atoms with Crippen molar-refractivity contribution in [1.82, 2.24) is 4.90 Å². The lowest BCUT2D eigenvalue weighted by atomic mass is 9.97. The fraction of sp³-hybridized carbons (Fsp3) is 0.333. The first-order valence-electron chi connectivity index (χ1n) is 9.14. The number of halogens is 4. The number of carbonyl (C=O) groups is 1. The number of carbonyl (C=O) groups excluding carboxylic acids is 1. The Bertz CT molecular complexity index is 1010. The molecule has 0 bridgehead atoms. The highest BCUT2D eigenvalue weighted by Gasteiger charge is 2.36. The Labute approximate surface area is 170 Å². The number of nitriles is 1. The van der Waals surface area contributed by atoms with E-state index in [-0.39, 0.29) is 18.0 Å². The van der Waals surface area contributed by atoms with E-state index in [1.165, 1.54) is 31.2 Å². The number of hydrogen-bond acceptors (Lipinski definition) is 4. The molecule has 2 aromatic rings. The van der Waals surface area contributed by atoms with Gasteiger partial charge in [0, 0.05) is 25.3 Å². The molecule has 0 fully saturated rings. The average Bonchev–Trinajstić information content (AvgIpc) is 2.66. The topological polar surface area (TPSA) is 76.4 Å². The Morgan fingerprint density at radius 3 is 2.63 bits per heavy atom. The van der Waals surface area contributed by atoms with Gasteiger partial charge in [-0.3, -0.25) is 9.69 Å². The molecule has 1 atom stereocenters. The smallest absolute Gasteiger partial charge is 0.379 e. The summed E-state index contributed by atoms with van der Waals surface area (Å²) in [6.07, 6.45) is -4.14. The van der Waals surface area contributed by atoms with Crippen molar-refractivity contribution in [2.75, 3.05) is 18.4 Å². The summed E-state index contributed by atoms with van der Waals surface area (Å²) in [5.74, 6) is -1.26. The molecule has 0 spiro atoms. The highest BCUT2D eigenvalue weighted by atomic mass is 19.4. The van der Waals surface area contributed by atoms with Gasteiger partial charge in [-0.05, 0) is 54.8 Å². The van der Waals surface area contributed by atoms with Crippen LogP contribution >= 0.6 is 0 Å². The Morgan fingerprint density at radius 1 is 1.23 bits per heavy atom. The molecule has 3 rings (SSSR count). The number of aliphatic hydroxyl groups is 1. The van der Waals surface area contributed by atoms with Crippen LogP contribution in [-0.4, -0.2) is 34.6 Å². The number of alkyl halides is 3. The highest BCUT2D eigenvalue weighted by molar-refractivity contribution is 5.97. The summed E-state index contributed by atoms with van der Waals surface area (Å²) in [6.45, 7) is 2.05. The van der Waals surface area contributed by atoms with E-state index in [9.17, 15) is 27.5 Å². The van der Waals surface area contributed by atoms with Crippen molar-refractivity contribution in [3.05, 3.63) is 64.5 Å². The molecule has 30 heavy (non-hydrogen) atoms. The molecule has 0 aliphatic carbocycles. The molecule has 1 aliphatic rings. The SMILES string of the molecule is CC(O)(CN1CCc2ccc(F)cc2C1)C(=O)Nc1ccc(C#N)c(C(F)(F)F)c1. The van der Waals surface area contributed by atoms with E-state index in [1.807, 2.05) is 0 Å². The largest absolute Gasteiger partial charge is 0.417 e. The van der Waals surface area contributed by atoms with Gasteiger partial charge in [0.1, 0.15) is 5.82 Å². The zero-order chi connectivity index (χ0) is 22.1. The van der Waals surface area contributed by atoms with E-state index in [2.05, 4.69) is 5.32 Å². The number of hydrogen-bond donors (Lipinski definition) is 2. The molecule has 1 unspecified atom stereocenters. The Hall–Kier alpha value is -2.96. The zero-order valence-corrected chi connectivity index (χ0v) is 16.1. The molecule has 2 aromatic carbocycles. The number of fused-ring (bicyclic) bond motifs is 1. The average molecular weight is 421 g/mol. The summed E-state index contributed by atoms with van der Waals surface area (Å²) in [5.41, 5.74) is -2.06. The first-order valence-corrected chi connectivity index (χ1v) is 9.14. The van der Waals surface area contributed by atoms with Crippen molar-refractivity contribution < 1.29 is 27.5 Å². The zero-order valence-electron chi connectivity index (χ0n) is 16.1. The minimum atomic E-state index is -4.76. The summed E-state index contributed by atoms with van der Waals surface area (Å²) < 4.78 is 52.8. The maximum Gasteiger partial charge on any atom is 0.417 e. The fourth-order valence-electron chi connectivity index (χ4n) is 3.45. The summed E-state index contributed by atoms with van der Waals surface area (Å²) in [4.78, 5) is 14.3. The van der Waals surface area contributed by atoms with Gasteiger partial charge in [0.05, 0.1) is 17.2 Å². The van der Waals surface area contributed by atoms with Crippen LogP contribution in [0, 0.1) is 17.1 Å². The predicted octanol–water partition coefficient (Wildman–Crippen LogP) is 3.46. The van der Waals surface area contributed by atoms with Crippen LogP contribution in [0.1, 0.15) is 29.2 Å². The van der Waals surface area contributed by atoms with Crippen molar-refractivity contribution in [3.63, 3.8) is 0 Å². The number of anilines is 1. The monoisotopic (exact) mass is 421 g/mol. The molecule has 5 nitrogen and oxygen atoms in total. The lowest BCUT2D eigenvalue weighted by molar-refractivity contribution is -0.138. The minimum Gasteiger partial charge on any atom is -0.379 e. The number of amides is 1. The summed E-state index contributed by atoms with van der Waals surface area (Å²) >= 11 is 0. The number of benzene rings is 2. The second kappa shape index (κ2) is 8.05. The lowest BCUT2D eigenvalue weighted by Crippen LogP contribution is -2.50. The van der Waals surface area contributed by atoms with Gasteiger partial charge in [-0.2, -0.15) is 18.4 Å². The van der Waals surface area contributed by atoms with E-state index in [0.29, 0.717) is 25.6 Å². The van der Waals surface area contributed by atoms with Gasteiger partial charge in [-0.15, -0.1) is 0 Å². The number of nitrogens with one attached hydrogen (secondary N) is 1. The second-order valence-electron chi connectivity index (χ2n) is 7.47. The van der Waals surface area contributed by atoms with Gasteiger partial charge in [0.2, 0.25) is 0 Å². The molecule has 9 heteroatoms. The molecule has 1 heterocycles. The normalized spacial score (nSPS) is 16.3. The van der Waals surface area contributed by atoms with Crippen molar-refractivity contribution in [3.8, 4) is 6.07 Å². The third kappa shape index (κ3) is 4.78. The van der Waals surface area contributed by atoms with Crippen LogP contribution in [0.15, 0.2) is 36.4 Å². The molecule has 1 aliphatic heterocycles. The maximum absolute atomic E-state index is 13.5. The number of β-amino-alcohol motifs (C(OH)–C–C–N with tert-alkyl or cyclic N) is 1. The van der Waals surface area contributed by atoms with Crippen LogP contribution in [0.3, 0.4) is 0 Å². The Balaban J connectivity index is 1.71. The van der Waals surface area contributed by atoms with E-state index < -0.39 is 28.8 Å². The predicted molar refractivity (Wildman–Crippen MR) is 101 cm³/mol. The van der Waals surface area contributed by atoms with Crippen molar-refractivity contribution in [2.24, 2.45) is 0 Å². The van der Waals surface area contributed by atoms with Crippen LogP contribution in [0.4, 0.5) is 23.2 Å². The van der Waals surface area contributed by atoms with Crippen LogP contribution < -0.4 is 5.32 Å². The quantitative estimate of drug-likeness (QED) is 0.742. The first kappa shape index (κ1) is 21.7. The van der Waals surface area contributed by atoms with Gasteiger partial charge >= 0.3 is 6.18 Å². The van der Waals surface area contributed by atoms with E-state index in [0.717, 1.165) is 17.2 Å². The molecule has 1 amide bonds. The van der Waals surface area contributed by atoms with Crippen molar-refractivity contribution in [1.29, 1.82) is 5.26 Å². The van der Waals surface area contributed by atoms with Crippen LogP contribution in [0.5, 0.6) is 0 Å². The molecular formula is C21H19F4N3O2. The third-order valence-corrected chi connectivity index (χ3v) is 4.98. The lowest BCUT2D eigenvalue weighted by Gasteiger charge is -2.34. The summed E-state index contributed by atoms with van der Waals surface area (Å²) in [6, 6.07) is 8.75. The van der Waals surface area contributed by atoms with Gasteiger partial charge in [-0.1, -0.05) is 6.07 Å². The Morgan fingerprint density at radius 2 is 1.97 bits per heavy atom. The molecule has 0 saturated carbocycles. The minimum absolute atomic E-state index is 0.0861. The fourth-order valence-corrected chi connectivity index (χ4v) is 3.45. The van der Waals surface area contributed by atoms with Crippen LogP contribution in [0.2, 0.25) is 0 Å². The van der Waals surface area contributed by atoms with Gasteiger partial charge in [0.15, 0.2) is 5.60 Å². The molecule has 0 saturated heterocycles. The first-order chi connectivity index (χ1) is 14.0. The van der Waals surface area contributed by atoms with Gasteiger partial charge in [-0.25, -0.2) is 4.39 Å². The molecular weight excluding hydrogens is 402 g/mol. The van der Waals surface area contributed by atoms with E-state index in [4.69, 9.17) is 5.26 Å². The van der Waals surface area contributed by atoms with Gasteiger partial charge in [0.25, 0.3) is 5.91 Å². The molecule has 0 aromatic heterocycles. The highest BCUT2D eigenvalue weighted by Crippen LogP contribution is 2.33. The molecule has 0 radical (unpaired) electrons. The van der Waals surface area contributed by atoms with Crippen LogP contribution in [-0.2, 0) is 23.9 Å². The van der Waals surface area contributed by atoms with E-state index >= 15 is 0 Å². The third-order valence-electron chi connectivity index (χ3n) is 4.98. The van der Waals surface area contributed by atoms with E-state index in [1.54, 1.807) is 11.0 Å². The van der Waals surface area contributed by atoms with Gasteiger partial charge < -0.3 is 10.4 Å². The maximum atomic E-state index is 13.5. The van der Waals surface area contributed by atoms with Crippen molar-refractivity contribution in [2.45, 2.75) is 31.7 Å². The number of nitrogens with zero attached hydrogens (tertiary/aromatic N) is 2. The Kier molecular flexibility index (Phi) is 5.83. The molecule has 158 valence electrons. The standard InChI is InChI=1S/C21H19F4N3O2/c1-20(30,12-28-7-6-13-2-4-16(22)8-15(13)11-28)19(29)27-17-5-3-14(10-26)18(9-17)21(23,24)25/h2-5,8-9,30H,6-7,11-12H2,1H3,(H,27,29). The summed E-state index contributed by atoms with van der Waals surface area (Å²) in [7, 11) is 0. The summed E-state index contributed by atoms with van der Waals surface area (Å²) in [5, 5.41) is 21.8. The molecule has 2 N–H and O–H groups in total. The van der Waals surface area contributed by atoms with Crippen LogP contribution in [0.25, 0.3) is 0 Å².